The Bertz CT molecular complexity index is 427. The molecule has 3 heterocycles. The molecule has 0 spiro atoms. The van der Waals surface area contributed by atoms with Crippen LogP contribution in [-0.2, 0) is 12.6 Å². The normalized spacial score (nSPS) is 15.5. The van der Waals surface area contributed by atoms with Crippen LogP contribution in [-0.4, -0.2) is 46.1 Å². The highest BCUT2D eigenvalue weighted by molar-refractivity contribution is 7.58. The molecule has 1 fully saturated rings. The van der Waals surface area contributed by atoms with Crippen molar-refractivity contribution < 1.29 is 5.32 Å². The zero-order valence-electron chi connectivity index (χ0n) is 8.81. The lowest BCUT2D eigenvalue weighted by Crippen LogP contribution is -2.89. The topological polar surface area (TPSA) is 83.1 Å². The number of nitrogens with one attached hydrogen (secondary N) is 2. The number of rotatable bonds is 0. The Morgan fingerprint density at radius 1 is 1.19 bits per heavy atom. The lowest BCUT2D eigenvalue weighted by Gasteiger charge is -2.07. The fraction of sp³-hybridized carbons (Fsp3) is 0.444. The summed E-state index contributed by atoms with van der Waals surface area (Å²) in [4.78, 5) is 14.4. The predicted octanol–water partition coefficient (Wildman–Crippen LogP) is -1.59. The standard InChI is InChI=1S/C5H4N4S.C4H10N2/c10-5-3-4(7-1-6-3)8-2-9-5;1-2-6-4-3-5-1/h1-2H,(H2,6,7,8,9,10);5-6H,1-4H2. The lowest BCUT2D eigenvalue weighted by molar-refractivity contribution is -0.657. The highest BCUT2D eigenvalue weighted by atomic mass is 32.1. The van der Waals surface area contributed by atoms with Crippen LogP contribution in [0, 0.1) is 0 Å². The molecule has 2 aromatic rings. The first-order valence-electron chi connectivity index (χ1n) is 5.21. The van der Waals surface area contributed by atoms with Crippen molar-refractivity contribution in [1.82, 2.24) is 25.3 Å². The molecule has 0 radical (unpaired) electrons. The van der Waals surface area contributed by atoms with Gasteiger partial charge in [0.15, 0.2) is 5.65 Å². The maximum atomic E-state index is 4.89. The van der Waals surface area contributed by atoms with Crippen LogP contribution in [0.1, 0.15) is 0 Å². The molecule has 3 rings (SSSR count). The summed E-state index contributed by atoms with van der Waals surface area (Å²) in [6.07, 6.45) is 2.96. The Hall–Kier alpha value is -1.31. The second-order valence-electron chi connectivity index (χ2n) is 3.40. The minimum atomic E-state index is 0.516. The fourth-order valence-electron chi connectivity index (χ4n) is 1.42. The summed E-state index contributed by atoms with van der Waals surface area (Å²) < 4.78 is 0. The van der Waals surface area contributed by atoms with Gasteiger partial charge in [-0.2, -0.15) is 0 Å². The molecule has 6 nitrogen and oxygen atoms in total. The maximum Gasteiger partial charge on any atom is 0.178 e. The van der Waals surface area contributed by atoms with Gasteiger partial charge in [0.25, 0.3) is 0 Å². The number of nitrogens with two attached hydrogens (primary N) is 1. The van der Waals surface area contributed by atoms with Crippen LogP contribution in [0.5, 0.6) is 0 Å². The van der Waals surface area contributed by atoms with E-state index < -0.39 is 0 Å². The van der Waals surface area contributed by atoms with E-state index in [-0.39, 0.29) is 0 Å². The summed E-state index contributed by atoms with van der Waals surface area (Å²) in [5, 5.41) is 6.10. The second kappa shape index (κ2) is 5.69. The van der Waals surface area contributed by atoms with Crippen LogP contribution in [0.25, 0.3) is 11.2 Å². The molecule has 0 aromatic carbocycles. The van der Waals surface area contributed by atoms with E-state index in [9.17, 15) is 0 Å². The molecule has 7 heteroatoms. The molecule has 0 aliphatic carbocycles. The molecule has 86 valence electrons. The van der Waals surface area contributed by atoms with Gasteiger partial charge in [0.1, 0.15) is 6.33 Å². The molecule has 1 aliphatic rings. The number of aromatic amines is 1. The third-order valence-electron chi connectivity index (χ3n) is 2.24. The summed E-state index contributed by atoms with van der Waals surface area (Å²) in [6.45, 7) is 4.92. The molecule has 16 heavy (non-hydrogen) atoms. The van der Waals surface area contributed by atoms with Gasteiger partial charge in [-0.25, -0.2) is 9.97 Å². The Kier molecular flexibility index (Phi) is 3.97. The van der Waals surface area contributed by atoms with Crippen LogP contribution in [0.3, 0.4) is 0 Å². The van der Waals surface area contributed by atoms with Gasteiger partial charge in [-0.15, -0.1) is 0 Å². The van der Waals surface area contributed by atoms with E-state index in [1.54, 1.807) is 6.33 Å². The number of imidazole rings is 1. The van der Waals surface area contributed by atoms with E-state index in [1.165, 1.54) is 32.5 Å². The smallest absolute Gasteiger partial charge is 0.178 e. The Morgan fingerprint density at radius 3 is 2.56 bits per heavy atom. The highest BCUT2D eigenvalue weighted by Gasteiger charge is 1.95. The quantitative estimate of drug-likeness (QED) is 0.381. The molecule has 1 saturated heterocycles. The van der Waals surface area contributed by atoms with Crippen molar-refractivity contribution in [3.63, 3.8) is 0 Å². The number of hydrogen-bond acceptors (Lipinski definition) is 5. The van der Waals surface area contributed by atoms with Gasteiger partial charge < -0.3 is 28.2 Å². The van der Waals surface area contributed by atoms with Crippen LogP contribution in [0.15, 0.2) is 17.7 Å². The molecule has 0 atom stereocenters. The maximum absolute atomic E-state index is 4.89. The van der Waals surface area contributed by atoms with Gasteiger partial charge in [-0.3, -0.25) is 4.98 Å². The van der Waals surface area contributed by atoms with Crippen LogP contribution < -0.4 is 10.6 Å². The number of aromatic nitrogens is 4. The van der Waals surface area contributed by atoms with Crippen LogP contribution >= 0.6 is 0 Å². The second-order valence-corrected chi connectivity index (χ2v) is 3.78. The monoisotopic (exact) mass is 238 g/mol. The minimum absolute atomic E-state index is 0.516. The average molecular weight is 238 g/mol. The first-order valence-corrected chi connectivity index (χ1v) is 5.62. The summed E-state index contributed by atoms with van der Waals surface area (Å²) in [5.74, 6) is 0. The van der Waals surface area contributed by atoms with Gasteiger partial charge in [-0.1, -0.05) is 5.03 Å². The largest absolute Gasteiger partial charge is 0.758 e. The Balaban J connectivity index is 0.000000138. The van der Waals surface area contributed by atoms with Crippen molar-refractivity contribution in [3.05, 3.63) is 12.7 Å². The molecule has 0 saturated carbocycles. The number of H-pyrrole nitrogens is 1. The molecular formula is C9H14N6S. The number of hydrogen-bond donors (Lipinski definition) is 3. The SMILES string of the molecule is C1C[NH2+]CCN1.[S-]c1ncnc2nc[nH]c12. The van der Waals surface area contributed by atoms with Crippen molar-refractivity contribution in [2.24, 2.45) is 0 Å². The Labute approximate surface area is 98.7 Å². The zero-order valence-corrected chi connectivity index (χ0v) is 9.63. The van der Waals surface area contributed by atoms with E-state index in [0.717, 1.165) is 5.52 Å². The summed E-state index contributed by atoms with van der Waals surface area (Å²) in [7, 11) is 0. The number of piperazine rings is 1. The third-order valence-corrected chi connectivity index (χ3v) is 2.55. The number of fused-ring (bicyclic) bond motifs is 1. The lowest BCUT2D eigenvalue weighted by atomic mass is 10.4. The Morgan fingerprint density at radius 2 is 2.00 bits per heavy atom. The van der Waals surface area contributed by atoms with Gasteiger partial charge >= 0.3 is 0 Å². The molecule has 1 aliphatic heterocycles. The van der Waals surface area contributed by atoms with E-state index >= 15 is 0 Å². The van der Waals surface area contributed by atoms with Crippen LogP contribution in [0.4, 0.5) is 0 Å². The van der Waals surface area contributed by atoms with E-state index in [0.29, 0.717) is 10.7 Å². The van der Waals surface area contributed by atoms with Gasteiger partial charge in [0.2, 0.25) is 0 Å². The molecule has 4 N–H and O–H groups in total. The number of quaternary nitrogens is 1. The summed E-state index contributed by atoms with van der Waals surface area (Å²) >= 11 is 4.89. The molecule has 2 aromatic heterocycles. The van der Waals surface area contributed by atoms with E-state index in [2.05, 4.69) is 30.6 Å². The first-order chi connectivity index (χ1) is 7.88. The first kappa shape index (κ1) is 11.2. The third kappa shape index (κ3) is 2.84. The molecule has 0 amide bonds. The van der Waals surface area contributed by atoms with E-state index in [1.807, 2.05) is 0 Å². The number of nitrogens with zero attached hydrogens (tertiary/aromatic N) is 3. The molecule has 0 bridgehead atoms. The molecular weight excluding hydrogens is 224 g/mol. The van der Waals surface area contributed by atoms with Crippen molar-refractivity contribution in [2.75, 3.05) is 26.2 Å². The van der Waals surface area contributed by atoms with E-state index in [4.69, 9.17) is 12.6 Å². The zero-order chi connectivity index (χ0) is 11.2. The van der Waals surface area contributed by atoms with Gasteiger partial charge in [0, 0.05) is 13.1 Å². The van der Waals surface area contributed by atoms with Gasteiger partial charge in [0.05, 0.1) is 24.9 Å². The van der Waals surface area contributed by atoms with Crippen molar-refractivity contribution in [2.45, 2.75) is 5.03 Å². The minimum Gasteiger partial charge on any atom is -0.758 e. The summed E-state index contributed by atoms with van der Waals surface area (Å²) in [5.41, 5.74) is 1.36. The summed E-state index contributed by atoms with van der Waals surface area (Å²) in [6, 6.07) is 0. The fourth-order valence-corrected chi connectivity index (χ4v) is 1.62. The van der Waals surface area contributed by atoms with Crippen LogP contribution in [0.2, 0.25) is 0 Å². The molecule has 0 unspecified atom stereocenters. The average Bonchev–Trinajstić information content (AvgIpc) is 2.82. The van der Waals surface area contributed by atoms with Crippen molar-refractivity contribution >= 4 is 23.8 Å². The predicted molar refractivity (Wildman–Crippen MR) is 61.8 cm³/mol. The van der Waals surface area contributed by atoms with Crippen molar-refractivity contribution in [1.29, 1.82) is 0 Å². The van der Waals surface area contributed by atoms with Gasteiger partial charge in [-0.05, 0) is 0 Å². The highest BCUT2D eigenvalue weighted by Crippen LogP contribution is 2.06. The van der Waals surface area contributed by atoms with Crippen molar-refractivity contribution in [3.8, 4) is 0 Å².